The molecule has 3 rings (SSSR count). The molecule has 88 valence electrons. The van der Waals surface area contributed by atoms with Crippen molar-refractivity contribution in [3.8, 4) is 11.5 Å². The van der Waals surface area contributed by atoms with Gasteiger partial charge >= 0.3 is 0 Å². The Morgan fingerprint density at radius 3 is 2.72 bits per heavy atom. The van der Waals surface area contributed by atoms with E-state index in [-0.39, 0.29) is 5.56 Å². The summed E-state index contributed by atoms with van der Waals surface area (Å²) in [7, 11) is 0. The first-order chi connectivity index (χ1) is 8.83. The second-order valence-corrected chi connectivity index (χ2v) is 3.67. The highest BCUT2D eigenvalue weighted by molar-refractivity contribution is 5.76. The molecule has 0 aliphatic carbocycles. The van der Waals surface area contributed by atoms with Crippen LogP contribution in [0.1, 0.15) is 0 Å². The summed E-state index contributed by atoms with van der Waals surface area (Å²) >= 11 is 0. The molecule has 5 heteroatoms. The van der Waals surface area contributed by atoms with Crippen LogP contribution in [0.5, 0.6) is 11.5 Å². The van der Waals surface area contributed by atoms with Crippen molar-refractivity contribution in [2.24, 2.45) is 0 Å². The van der Waals surface area contributed by atoms with E-state index in [1.165, 1.54) is 6.20 Å². The molecule has 0 saturated heterocycles. The van der Waals surface area contributed by atoms with Gasteiger partial charge < -0.3 is 9.72 Å². The molecular formula is C13H9N3O2. The van der Waals surface area contributed by atoms with E-state index in [9.17, 15) is 4.79 Å². The van der Waals surface area contributed by atoms with Gasteiger partial charge in [0.2, 0.25) is 0 Å². The summed E-state index contributed by atoms with van der Waals surface area (Å²) < 4.78 is 5.71. The van der Waals surface area contributed by atoms with Crippen molar-refractivity contribution in [1.82, 2.24) is 15.0 Å². The summed E-state index contributed by atoms with van der Waals surface area (Å²) in [6, 6.07) is 11.1. The van der Waals surface area contributed by atoms with Crippen LogP contribution >= 0.6 is 0 Å². The number of para-hydroxylation sites is 1. The third kappa shape index (κ3) is 1.93. The number of nitrogens with zero attached hydrogens (tertiary/aromatic N) is 2. The lowest BCUT2D eigenvalue weighted by molar-refractivity contribution is 0.486. The second kappa shape index (κ2) is 4.29. The van der Waals surface area contributed by atoms with Gasteiger partial charge in [0.05, 0.1) is 6.20 Å². The molecular weight excluding hydrogens is 230 g/mol. The van der Waals surface area contributed by atoms with Crippen LogP contribution in [0.15, 0.2) is 53.6 Å². The largest absolute Gasteiger partial charge is 0.455 e. The number of rotatable bonds is 2. The molecule has 0 fully saturated rings. The third-order valence-electron chi connectivity index (χ3n) is 2.41. The Kier molecular flexibility index (Phi) is 2.49. The molecule has 1 N–H and O–H groups in total. The number of pyridine rings is 1. The van der Waals surface area contributed by atoms with Gasteiger partial charge in [0.25, 0.3) is 5.56 Å². The van der Waals surface area contributed by atoms with E-state index in [1.807, 2.05) is 30.3 Å². The maximum Gasteiger partial charge on any atom is 0.268 e. The van der Waals surface area contributed by atoms with Gasteiger partial charge in [0.15, 0.2) is 11.4 Å². The lowest BCUT2D eigenvalue weighted by atomic mass is 10.3. The van der Waals surface area contributed by atoms with E-state index in [4.69, 9.17) is 4.74 Å². The van der Waals surface area contributed by atoms with Gasteiger partial charge in [-0.3, -0.25) is 4.79 Å². The smallest absolute Gasteiger partial charge is 0.268 e. The Morgan fingerprint density at radius 1 is 1.06 bits per heavy atom. The van der Waals surface area contributed by atoms with Gasteiger partial charge in [0, 0.05) is 12.3 Å². The molecule has 1 aromatic carbocycles. The fourth-order valence-electron chi connectivity index (χ4n) is 1.62. The van der Waals surface area contributed by atoms with Crippen LogP contribution in [0.25, 0.3) is 11.2 Å². The topological polar surface area (TPSA) is 67.9 Å². The van der Waals surface area contributed by atoms with Crippen molar-refractivity contribution in [3.05, 3.63) is 59.1 Å². The maximum atomic E-state index is 11.2. The second-order valence-electron chi connectivity index (χ2n) is 3.67. The minimum atomic E-state index is -0.285. The number of benzene rings is 1. The van der Waals surface area contributed by atoms with Crippen LogP contribution < -0.4 is 10.3 Å². The molecule has 0 spiro atoms. The zero-order chi connectivity index (χ0) is 12.4. The molecule has 2 heterocycles. The first-order valence-electron chi connectivity index (χ1n) is 5.40. The maximum absolute atomic E-state index is 11.2. The van der Waals surface area contributed by atoms with Crippen LogP contribution in [-0.4, -0.2) is 15.0 Å². The van der Waals surface area contributed by atoms with Crippen molar-refractivity contribution < 1.29 is 4.74 Å². The first kappa shape index (κ1) is 10.5. The SMILES string of the molecule is O=c1cnc2c(Oc3ccccc3)ccnc2[nH]1. The summed E-state index contributed by atoms with van der Waals surface area (Å²) in [6.07, 6.45) is 2.78. The van der Waals surface area contributed by atoms with Crippen molar-refractivity contribution in [2.75, 3.05) is 0 Å². The molecule has 0 atom stereocenters. The molecule has 0 radical (unpaired) electrons. The minimum Gasteiger partial charge on any atom is -0.455 e. The molecule has 0 bridgehead atoms. The van der Waals surface area contributed by atoms with E-state index < -0.39 is 0 Å². The Hall–Kier alpha value is -2.69. The Labute approximate surface area is 102 Å². The number of aromatic amines is 1. The summed E-state index contributed by atoms with van der Waals surface area (Å²) in [5, 5.41) is 0. The van der Waals surface area contributed by atoms with Crippen LogP contribution in [0, 0.1) is 0 Å². The lowest BCUT2D eigenvalue weighted by Crippen LogP contribution is -2.06. The Bertz CT molecular complexity index is 738. The van der Waals surface area contributed by atoms with Gasteiger partial charge in [-0.05, 0) is 12.1 Å². The number of hydrogen-bond donors (Lipinski definition) is 1. The molecule has 3 aromatic rings. The zero-order valence-electron chi connectivity index (χ0n) is 9.33. The molecule has 5 nitrogen and oxygen atoms in total. The average Bonchev–Trinajstić information content (AvgIpc) is 2.40. The Balaban J connectivity index is 2.10. The highest BCUT2D eigenvalue weighted by Crippen LogP contribution is 2.25. The third-order valence-corrected chi connectivity index (χ3v) is 2.41. The summed E-state index contributed by atoms with van der Waals surface area (Å²) in [6.45, 7) is 0. The van der Waals surface area contributed by atoms with E-state index in [0.29, 0.717) is 22.7 Å². The summed E-state index contributed by atoms with van der Waals surface area (Å²) in [4.78, 5) is 21.9. The van der Waals surface area contributed by atoms with Crippen molar-refractivity contribution in [3.63, 3.8) is 0 Å². The van der Waals surface area contributed by atoms with Gasteiger partial charge in [-0.2, -0.15) is 0 Å². The number of nitrogens with one attached hydrogen (secondary N) is 1. The van der Waals surface area contributed by atoms with E-state index in [0.717, 1.165) is 0 Å². The molecule has 0 aliphatic rings. The number of hydrogen-bond acceptors (Lipinski definition) is 4. The van der Waals surface area contributed by atoms with Crippen LogP contribution in [0.2, 0.25) is 0 Å². The quantitative estimate of drug-likeness (QED) is 0.743. The summed E-state index contributed by atoms with van der Waals surface area (Å²) in [5.74, 6) is 1.26. The monoisotopic (exact) mass is 239 g/mol. The zero-order valence-corrected chi connectivity index (χ0v) is 9.33. The number of H-pyrrole nitrogens is 1. The van der Waals surface area contributed by atoms with Crippen molar-refractivity contribution in [1.29, 1.82) is 0 Å². The normalized spacial score (nSPS) is 10.4. The first-order valence-corrected chi connectivity index (χ1v) is 5.40. The molecule has 2 aromatic heterocycles. The molecule has 0 saturated carbocycles. The van der Waals surface area contributed by atoms with Crippen molar-refractivity contribution >= 4 is 11.2 Å². The van der Waals surface area contributed by atoms with Gasteiger partial charge in [0.1, 0.15) is 11.3 Å². The number of ether oxygens (including phenoxy) is 1. The molecule has 0 unspecified atom stereocenters. The van der Waals surface area contributed by atoms with E-state index in [2.05, 4.69) is 15.0 Å². The standard InChI is InChI=1S/C13H9N3O2/c17-11-8-15-12-10(6-7-14-13(12)16-11)18-9-4-2-1-3-5-9/h1-8H,(H,14,16,17). The van der Waals surface area contributed by atoms with Crippen LogP contribution in [-0.2, 0) is 0 Å². The average molecular weight is 239 g/mol. The highest BCUT2D eigenvalue weighted by Gasteiger charge is 2.06. The fourth-order valence-corrected chi connectivity index (χ4v) is 1.62. The molecule has 0 aliphatic heterocycles. The minimum absolute atomic E-state index is 0.285. The van der Waals surface area contributed by atoms with Gasteiger partial charge in [-0.25, -0.2) is 9.97 Å². The predicted octanol–water partition coefficient (Wildman–Crippen LogP) is 2.11. The molecule has 18 heavy (non-hydrogen) atoms. The van der Waals surface area contributed by atoms with Crippen molar-refractivity contribution in [2.45, 2.75) is 0 Å². The van der Waals surface area contributed by atoms with E-state index in [1.54, 1.807) is 12.3 Å². The van der Waals surface area contributed by atoms with E-state index >= 15 is 0 Å². The van der Waals surface area contributed by atoms with Crippen LogP contribution in [0.3, 0.4) is 0 Å². The highest BCUT2D eigenvalue weighted by atomic mass is 16.5. The number of fused-ring (bicyclic) bond motifs is 1. The number of aromatic nitrogens is 3. The molecule has 0 amide bonds. The predicted molar refractivity (Wildman–Crippen MR) is 66.7 cm³/mol. The van der Waals surface area contributed by atoms with Gasteiger partial charge in [-0.15, -0.1) is 0 Å². The van der Waals surface area contributed by atoms with Crippen LogP contribution in [0.4, 0.5) is 0 Å². The Morgan fingerprint density at radius 2 is 1.89 bits per heavy atom. The summed E-state index contributed by atoms with van der Waals surface area (Å²) in [5.41, 5.74) is 0.656. The lowest BCUT2D eigenvalue weighted by Gasteiger charge is -2.06. The fraction of sp³-hybridized carbons (Fsp3) is 0. The van der Waals surface area contributed by atoms with Gasteiger partial charge in [-0.1, -0.05) is 18.2 Å².